The van der Waals surface area contributed by atoms with Crippen molar-refractivity contribution >= 4 is 34.5 Å². The van der Waals surface area contributed by atoms with Gasteiger partial charge < -0.3 is 24.4 Å². The second-order valence-corrected chi connectivity index (χ2v) is 8.30. The molecule has 152 valence electrons. The normalized spacial score (nSPS) is 25.4. The summed E-state index contributed by atoms with van der Waals surface area (Å²) in [7, 11) is 1.56. The number of amides is 1. The average Bonchev–Trinajstić information content (AvgIpc) is 2.83. The van der Waals surface area contributed by atoms with Crippen LogP contribution in [0.15, 0.2) is 11.0 Å². The highest BCUT2D eigenvalue weighted by atomic mass is 127. The van der Waals surface area contributed by atoms with Crippen molar-refractivity contribution in [2.75, 3.05) is 25.6 Å². The van der Waals surface area contributed by atoms with Crippen molar-refractivity contribution in [1.82, 2.24) is 9.55 Å². The number of aromatic nitrogens is 2. The minimum Gasteiger partial charge on any atom is -0.449 e. The largest absolute Gasteiger partial charge is 0.449 e. The van der Waals surface area contributed by atoms with Gasteiger partial charge in [0, 0.05) is 18.7 Å². The van der Waals surface area contributed by atoms with Crippen LogP contribution in [0.2, 0.25) is 0 Å². The van der Waals surface area contributed by atoms with Gasteiger partial charge in [0.2, 0.25) is 0 Å². The highest BCUT2D eigenvalue weighted by molar-refractivity contribution is 14.1. The first kappa shape index (κ1) is 22.0. The van der Waals surface area contributed by atoms with Crippen LogP contribution in [0.1, 0.15) is 27.0 Å². The molecule has 11 heteroatoms. The number of ether oxygens (including phenoxy) is 3. The van der Waals surface area contributed by atoms with E-state index in [4.69, 9.17) is 14.2 Å². The maximum Gasteiger partial charge on any atom is 0.412 e. The summed E-state index contributed by atoms with van der Waals surface area (Å²) in [6.07, 6.45) is -3.41. The first-order chi connectivity index (χ1) is 12.6. The Morgan fingerprint density at radius 2 is 2.07 bits per heavy atom. The minimum atomic E-state index is -1.26. The van der Waals surface area contributed by atoms with Gasteiger partial charge in [0.1, 0.15) is 18.8 Å². The Bertz CT molecular complexity index is 739. The zero-order valence-corrected chi connectivity index (χ0v) is 17.7. The van der Waals surface area contributed by atoms with E-state index in [9.17, 15) is 19.8 Å². The van der Waals surface area contributed by atoms with Crippen molar-refractivity contribution in [3.63, 3.8) is 0 Å². The number of anilines is 1. The molecule has 1 amide bonds. The van der Waals surface area contributed by atoms with E-state index < -0.39 is 36.3 Å². The predicted molar refractivity (Wildman–Crippen MR) is 103 cm³/mol. The molecular formula is C16H24IN3O7. The first-order valence-corrected chi connectivity index (χ1v) is 9.36. The zero-order valence-electron chi connectivity index (χ0n) is 15.5. The lowest BCUT2D eigenvalue weighted by Gasteiger charge is -2.23. The highest BCUT2D eigenvalue weighted by Crippen LogP contribution is 2.28. The van der Waals surface area contributed by atoms with E-state index in [1.165, 1.54) is 6.20 Å². The molecule has 2 heterocycles. The highest BCUT2D eigenvalue weighted by Gasteiger charge is 2.42. The summed E-state index contributed by atoms with van der Waals surface area (Å²) in [6, 6.07) is 0. The molecule has 10 nitrogen and oxygen atoms in total. The summed E-state index contributed by atoms with van der Waals surface area (Å²) in [5.41, 5.74) is -1.10. The summed E-state index contributed by atoms with van der Waals surface area (Å²) in [4.78, 5) is 28.1. The van der Waals surface area contributed by atoms with E-state index in [-0.39, 0.29) is 17.8 Å². The van der Waals surface area contributed by atoms with Gasteiger partial charge in [-0.05, 0) is 29.5 Å². The number of rotatable bonds is 6. The Kier molecular flexibility index (Phi) is 7.19. The lowest BCUT2D eigenvalue weighted by Crippen LogP contribution is -2.36. The maximum atomic E-state index is 12.3. The molecule has 2 rings (SSSR count). The average molecular weight is 497 g/mol. The number of carbonyl (C=O) groups excluding carboxylic acids is 1. The van der Waals surface area contributed by atoms with Crippen LogP contribution in [-0.2, 0) is 14.2 Å². The number of hydrogen-bond acceptors (Lipinski definition) is 8. The molecular weight excluding hydrogens is 473 g/mol. The third-order valence-corrected chi connectivity index (χ3v) is 4.80. The SMILES string of the molecule is COCC(C)(C)COC(=O)Nc1nc(=O)n([C@@H]2O[C@H](C)[C@@H](O)[C@H]2O)cc1I. The topological polar surface area (TPSA) is 132 Å². The Balaban J connectivity index is 2.09. The second-order valence-electron chi connectivity index (χ2n) is 7.14. The fourth-order valence-electron chi connectivity index (χ4n) is 2.60. The van der Waals surface area contributed by atoms with Crippen molar-refractivity contribution < 1.29 is 29.2 Å². The smallest absolute Gasteiger partial charge is 0.412 e. The molecule has 1 aromatic heterocycles. The fraction of sp³-hybridized carbons (Fsp3) is 0.688. The van der Waals surface area contributed by atoms with Crippen LogP contribution < -0.4 is 11.0 Å². The number of nitrogens with one attached hydrogen (secondary N) is 1. The molecule has 0 bridgehead atoms. The van der Waals surface area contributed by atoms with E-state index in [2.05, 4.69) is 10.3 Å². The molecule has 0 aromatic carbocycles. The molecule has 0 spiro atoms. The van der Waals surface area contributed by atoms with E-state index in [0.29, 0.717) is 10.2 Å². The molecule has 0 unspecified atom stereocenters. The summed E-state index contributed by atoms with van der Waals surface area (Å²) in [6.45, 7) is 5.90. The molecule has 1 saturated heterocycles. The molecule has 0 aliphatic carbocycles. The van der Waals surface area contributed by atoms with Gasteiger partial charge in [-0.2, -0.15) is 4.98 Å². The zero-order chi connectivity index (χ0) is 20.4. The Morgan fingerprint density at radius 3 is 2.63 bits per heavy atom. The van der Waals surface area contributed by atoms with Crippen LogP contribution in [0, 0.1) is 8.99 Å². The van der Waals surface area contributed by atoms with Gasteiger partial charge in [-0.3, -0.25) is 9.88 Å². The Labute approximate surface area is 170 Å². The van der Waals surface area contributed by atoms with Crippen LogP contribution >= 0.6 is 22.6 Å². The molecule has 0 radical (unpaired) electrons. The van der Waals surface area contributed by atoms with Crippen LogP contribution in [0.4, 0.5) is 10.6 Å². The fourth-order valence-corrected chi connectivity index (χ4v) is 3.15. The maximum absolute atomic E-state index is 12.3. The minimum absolute atomic E-state index is 0.0347. The number of nitrogens with zero attached hydrogens (tertiary/aromatic N) is 2. The van der Waals surface area contributed by atoms with Gasteiger partial charge in [-0.25, -0.2) is 9.59 Å². The lowest BCUT2D eigenvalue weighted by atomic mass is 9.96. The summed E-state index contributed by atoms with van der Waals surface area (Å²) < 4.78 is 17.2. The van der Waals surface area contributed by atoms with Crippen molar-refractivity contribution in [2.45, 2.75) is 45.3 Å². The van der Waals surface area contributed by atoms with E-state index in [0.717, 1.165) is 4.57 Å². The van der Waals surface area contributed by atoms with Gasteiger partial charge in [0.25, 0.3) is 0 Å². The Hall–Kier alpha value is -1.28. The van der Waals surface area contributed by atoms with Crippen LogP contribution in [0.25, 0.3) is 0 Å². The van der Waals surface area contributed by atoms with E-state index >= 15 is 0 Å². The summed E-state index contributed by atoms with van der Waals surface area (Å²) in [5.74, 6) is 0.0347. The van der Waals surface area contributed by atoms with Gasteiger partial charge in [0.05, 0.1) is 16.3 Å². The number of aliphatic hydroxyl groups excluding tert-OH is 2. The third kappa shape index (κ3) is 5.38. The van der Waals surface area contributed by atoms with Gasteiger partial charge in [0.15, 0.2) is 12.0 Å². The molecule has 1 aromatic rings. The molecule has 4 atom stereocenters. The summed E-state index contributed by atoms with van der Waals surface area (Å²) in [5, 5.41) is 22.3. The molecule has 1 aliphatic rings. The van der Waals surface area contributed by atoms with Crippen molar-refractivity contribution in [2.24, 2.45) is 5.41 Å². The monoisotopic (exact) mass is 497 g/mol. The molecule has 1 fully saturated rings. The number of methoxy groups -OCH3 is 1. The standard InChI is InChI=1S/C16H24IN3O7/c1-8-10(21)11(22)13(27-8)20-5-9(17)12(18-14(20)23)19-15(24)26-7-16(2,3)6-25-4/h5,8,10-11,13,21-22H,6-7H2,1-4H3,(H,18,19,23,24)/t8-,10-,11-,13-/m1/s1. The van der Waals surface area contributed by atoms with Crippen LogP contribution in [0.5, 0.6) is 0 Å². The third-order valence-electron chi connectivity index (χ3n) is 4.01. The number of halogens is 1. The Morgan fingerprint density at radius 1 is 1.41 bits per heavy atom. The van der Waals surface area contributed by atoms with Crippen LogP contribution in [-0.4, -0.2) is 64.5 Å². The van der Waals surface area contributed by atoms with Crippen molar-refractivity contribution in [3.8, 4) is 0 Å². The molecule has 27 heavy (non-hydrogen) atoms. The first-order valence-electron chi connectivity index (χ1n) is 8.29. The molecule has 1 aliphatic heterocycles. The molecule has 3 N–H and O–H groups in total. The van der Waals surface area contributed by atoms with Crippen LogP contribution in [0.3, 0.4) is 0 Å². The number of aliphatic hydroxyl groups is 2. The van der Waals surface area contributed by atoms with E-state index in [1.807, 2.05) is 36.4 Å². The van der Waals surface area contributed by atoms with Crippen molar-refractivity contribution in [1.29, 1.82) is 0 Å². The lowest BCUT2D eigenvalue weighted by molar-refractivity contribution is -0.0351. The van der Waals surface area contributed by atoms with Crippen molar-refractivity contribution in [3.05, 3.63) is 20.3 Å². The van der Waals surface area contributed by atoms with Gasteiger partial charge in [-0.15, -0.1) is 0 Å². The quantitative estimate of drug-likeness (QED) is 0.490. The van der Waals surface area contributed by atoms with Gasteiger partial charge >= 0.3 is 11.8 Å². The van der Waals surface area contributed by atoms with Gasteiger partial charge in [-0.1, -0.05) is 13.8 Å². The predicted octanol–water partition coefficient (Wildman–Crippen LogP) is 0.708. The van der Waals surface area contributed by atoms with E-state index in [1.54, 1.807) is 14.0 Å². The summed E-state index contributed by atoms with van der Waals surface area (Å²) >= 11 is 1.89. The number of hydrogen-bond donors (Lipinski definition) is 3. The number of carbonyl (C=O) groups is 1. The second kappa shape index (κ2) is 8.82. The molecule has 0 saturated carbocycles.